The number of aryl methyl sites for hydroxylation is 1. The van der Waals surface area contributed by atoms with E-state index in [4.69, 9.17) is 18.0 Å². The molecule has 0 aliphatic heterocycles. The third-order valence-corrected chi connectivity index (χ3v) is 4.12. The molecule has 3 nitrogen and oxygen atoms in total. The van der Waals surface area contributed by atoms with Gasteiger partial charge in [-0.05, 0) is 43.4 Å². The van der Waals surface area contributed by atoms with E-state index in [1.165, 1.54) is 6.07 Å². The molecule has 0 heterocycles. The minimum absolute atomic E-state index is 0.218. The average Bonchev–Trinajstić information content (AvgIpc) is 2.29. The van der Waals surface area contributed by atoms with Crippen LogP contribution in [0.25, 0.3) is 0 Å². The van der Waals surface area contributed by atoms with Crippen LogP contribution in [0, 0.1) is 24.1 Å². The second-order valence-electron chi connectivity index (χ2n) is 5.38. The Morgan fingerprint density at radius 2 is 2.16 bits per heavy atom. The number of halogens is 1. The lowest BCUT2D eigenvalue weighted by molar-refractivity contribution is -0.127. The Morgan fingerprint density at radius 3 is 2.63 bits per heavy atom. The maximum atomic E-state index is 13.4. The molecule has 19 heavy (non-hydrogen) atoms. The topological polar surface area (TPSA) is 55.1 Å². The van der Waals surface area contributed by atoms with E-state index in [2.05, 4.69) is 12.2 Å². The Labute approximate surface area is 117 Å². The van der Waals surface area contributed by atoms with Crippen molar-refractivity contribution in [2.24, 2.45) is 17.1 Å². The van der Waals surface area contributed by atoms with Gasteiger partial charge in [-0.2, -0.15) is 0 Å². The largest absolute Gasteiger partial charge is 0.392 e. The van der Waals surface area contributed by atoms with Crippen LogP contribution in [0.5, 0.6) is 0 Å². The van der Waals surface area contributed by atoms with Crippen LogP contribution < -0.4 is 11.1 Å². The second kappa shape index (κ2) is 4.89. The van der Waals surface area contributed by atoms with Gasteiger partial charge in [0.2, 0.25) is 5.91 Å². The molecule has 1 aliphatic rings. The zero-order valence-corrected chi connectivity index (χ0v) is 11.8. The first-order valence-corrected chi connectivity index (χ1v) is 6.63. The summed E-state index contributed by atoms with van der Waals surface area (Å²) in [6.45, 7) is 3.72. The van der Waals surface area contributed by atoms with E-state index >= 15 is 0 Å². The minimum Gasteiger partial charge on any atom is -0.392 e. The zero-order valence-electron chi connectivity index (χ0n) is 11.0. The van der Waals surface area contributed by atoms with E-state index in [9.17, 15) is 9.18 Å². The van der Waals surface area contributed by atoms with Crippen LogP contribution in [0.3, 0.4) is 0 Å². The second-order valence-corrected chi connectivity index (χ2v) is 5.82. The molecule has 0 saturated heterocycles. The van der Waals surface area contributed by atoms with Crippen molar-refractivity contribution in [2.75, 3.05) is 5.32 Å². The highest BCUT2D eigenvalue weighted by molar-refractivity contribution is 7.80. The molecule has 0 aromatic heterocycles. The van der Waals surface area contributed by atoms with Crippen LogP contribution in [0.2, 0.25) is 0 Å². The minimum atomic E-state index is -0.768. The first kappa shape index (κ1) is 13.9. The number of carbonyl (C=O) groups excluding carboxylic acids is 1. The third-order valence-electron chi connectivity index (χ3n) is 3.73. The van der Waals surface area contributed by atoms with E-state index in [0.29, 0.717) is 30.0 Å². The Kier molecular flexibility index (Phi) is 3.58. The van der Waals surface area contributed by atoms with Gasteiger partial charge in [-0.25, -0.2) is 4.39 Å². The van der Waals surface area contributed by atoms with E-state index in [1.54, 1.807) is 19.1 Å². The van der Waals surface area contributed by atoms with Crippen molar-refractivity contribution in [3.63, 3.8) is 0 Å². The standard InChI is InChI=1S/C14H17FN2OS/c1-8-6-14(7-8,12(16)19)13(18)17-10-4-3-9(2)11(15)5-10/h3-5,8H,6-7H2,1-2H3,(H2,16,19)(H,17,18). The molecule has 0 unspecified atom stereocenters. The molecule has 3 N–H and O–H groups in total. The van der Waals surface area contributed by atoms with Gasteiger partial charge < -0.3 is 11.1 Å². The Hall–Kier alpha value is -1.49. The van der Waals surface area contributed by atoms with Gasteiger partial charge in [0.05, 0.1) is 10.4 Å². The van der Waals surface area contributed by atoms with Crippen LogP contribution in [-0.4, -0.2) is 10.9 Å². The molecular formula is C14H17FN2OS. The molecule has 0 spiro atoms. The lowest BCUT2D eigenvalue weighted by Crippen LogP contribution is -2.53. The van der Waals surface area contributed by atoms with Gasteiger partial charge in [-0.15, -0.1) is 0 Å². The van der Waals surface area contributed by atoms with Gasteiger partial charge in [0.25, 0.3) is 0 Å². The molecule has 1 saturated carbocycles. The van der Waals surface area contributed by atoms with Crippen molar-refractivity contribution in [3.8, 4) is 0 Å². The highest BCUT2D eigenvalue weighted by atomic mass is 32.1. The highest BCUT2D eigenvalue weighted by Gasteiger charge is 2.50. The Morgan fingerprint density at radius 1 is 1.53 bits per heavy atom. The van der Waals surface area contributed by atoms with Gasteiger partial charge in [-0.3, -0.25) is 4.79 Å². The zero-order chi connectivity index (χ0) is 14.2. The summed E-state index contributed by atoms with van der Waals surface area (Å²) in [5.74, 6) is -0.146. The molecule has 2 rings (SSSR count). The van der Waals surface area contributed by atoms with Gasteiger partial charge in [0, 0.05) is 5.69 Å². The fraction of sp³-hybridized carbons (Fsp3) is 0.429. The molecule has 1 aromatic rings. The molecule has 0 atom stereocenters. The monoisotopic (exact) mass is 280 g/mol. The molecule has 5 heteroatoms. The van der Waals surface area contributed by atoms with E-state index in [-0.39, 0.29) is 16.7 Å². The summed E-state index contributed by atoms with van der Waals surface area (Å²) in [6.07, 6.45) is 1.31. The Bertz CT molecular complexity index is 538. The van der Waals surface area contributed by atoms with Crippen LogP contribution >= 0.6 is 12.2 Å². The fourth-order valence-electron chi connectivity index (χ4n) is 2.55. The lowest BCUT2D eigenvalue weighted by atomic mass is 9.62. The van der Waals surface area contributed by atoms with Gasteiger partial charge >= 0.3 is 0 Å². The SMILES string of the molecule is Cc1ccc(NC(=O)C2(C(N)=S)CC(C)C2)cc1F. The number of benzene rings is 1. The van der Waals surface area contributed by atoms with Crippen LogP contribution in [0.1, 0.15) is 25.3 Å². The summed E-state index contributed by atoms with van der Waals surface area (Å²) in [5.41, 5.74) is 5.91. The molecule has 102 valence electrons. The fourth-order valence-corrected chi connectivity index (χ4v) is 2.81. The molecule has 0 bridgehead atoms. The molecule has 0 radical (unpaired) electrons. The van der Waals surface area contributed by atoms with Crippen molar-refractivity contribution in [1.29, 1.82) is 0 Å². The van der Waals surface area contributed by atoms with Crippen LogP contribution in [0.4, 0.5) is 10.1 Å². The number of nitrogens with two attached hydrogens (primary N) is 1. The number of thiocarbonyl (C=S) groups is 1. The number of carbonyl (C=O) groups is 1. The van der Waals surface area contributed by atoms with Crippen molar-refractivity contribution in [1.82, 2.24) is 0 Å². The number of anilines is 1. The number of hydrogen-bond acceptors (Lipinski definition) is 2. The summed E-state index contributed by atoms with van der Waals surface area (Å²) in [5, 5.41) is 2.71. The van der Waals surface area contributed by atoms with Crippen molar-refractivity contribution in [3.05, 3.63) is 29.6 Å². The average molecular weight is 280 g/mol. The number of nitrogens with one attached hydrogen (secondary N) is 1. The predicted octanol–water partition coefficient (Wildman–Crippen LogP) is 2.78. The maximum absolute atomic E-state index is 13.4. The van der Waals surface area contributed by atoms with Gasteiger partial charge in [0.1, 0.15) is 5.82 Å². The molecule has 1 aromatic carbocycles. The molecule has 1 amide bonds. The first-order chi connectivity index (χ1) is 8.85. The Balaban J connectivity index is 2.16. The van der Waals surface area contributed by atoms with Crippen LogP contribution in [-0.2, 0) is 4.79 Å². The quantitative estimate of drug-likeness (QED) is 0.837. The number of amides is 1. The normalized spacial score (nSPS) is 25.5. The smallest absolute Gasteiger partial charge is 0.237 e. The predicted molar refractivity (Wildman–Crippen MR) is 77.4 cm³/mol. The van der Waals surface area contributed by atoms with Gasteiger partial charge in [-0.1, -0.05) is 25.2 Å². The summed E-state index contributed by atoms with van der Waals surface area (Å²) in [7, 11) is 0. The number of rotatable bonds is 3. The van der Waals surface area contributed by atoms with E-state index in [0.717, 1.165) is 0 Å². The van der Waals surface area contributed by atoms with E-state index in [1.807, 2.05) is 0 Å². The third kappa shape index (κ3) is 2.47. The molecule has 1 fully saturated rings. The summed E-state index contributed by atoms with van der Waals surface area (Å²) >= 11 is 5.02. The van der Waals surface area contributed by atoms with Crippen molar-refractivity contribution in [2.45, 2.75) is 26.7 Å². The first-order valence-electron chi connectivity index (χ1n) is 6.22. The number of hydrogen-bond donors (Lipinski definition) is 2. The summed E-state index contributed by atoms with van der Waals surface area (Å²) < 4.78 is 13.4. The molecular weight excluding hydrogens is 263 g/mol. The molecule has 1 aliphatic carbocycles. The van der Waals surface area contributed by atoms with Crippen LogP contribution in [0.15, 0.2) is 18.2 Å². The summed E-state index contributed by atoms with van der Waals surface area (Å²) in [4.78, 5) is 12.5. The lowest BCUT2D eigenvalue weighted by Gasteiger charge is -2.44. The maximum Gasteiger partial charge on any atom is 0.237 e. The van der Waals surface area contributed by atoms with E-state index < -0.39 is 5.41 Å². The summed E-state index contributed by atoms with van der Waals surface area (Å²) in [6, 6.07) is 4.61. The highest BCUT2D eigenvalue weighted by Crippen LogP contribution is 2.46. The van der Waals surface area contributed by atoms with Gasteiger partial charge in [0.15, 0.2) is 0 Å². The van der Waals surface area contributed by atoms with Crippen molar-refractivity contribution < 1.29 is 9.18 Å². The van der Waals surface area contributed by atoms with Crippen molar-refractivity contribution >= 4 is 28.8 Å².